The van der Waals surface area contributed by atoms with Gasteiger partial charge in [-0.25, -0.2) is 8.42 Å². The number of fused-ring (bicyclic) bond motifs is 1. The number of amides is 1. The van der Waals surface area contributed by atoms with E-state index in [9.17, 15) is 13.2 Å². The minimum Gasteiger partial charge on any atom is -0.497 e. The molecule has 0 bridgehead atoms. The van der Waals surface area contributed by atoms with Gasteiger partial charge in [-0.15, -0.1) is 0 Å². The van der Waals surface area contributed by atoms with Gasteiger partial charge in [0.25, 0.3) is 0 Å². The lowest BCUT2D eigenvalue weighted by atomic mass is 10.0. The molecule has 152 valence electrons. The summed E-state index contributed by atoms with van der Waals surface area (Å²) in [7, 11) is -2.13. The fourth-order valence-corrected chi connectivity index (χ4v) is 4.49. The van der Waals surface area contributed by atoms with Crippen molar-refractivity contribution in [1.29, 1.82) is 0 Å². The van der Waals surface area contributed by atoms with Crippen LogP contribution in [0, 0.1) is 0 Å². The average molecular weight is 413 g/mol. The predicted octanol–water partition coefficient (Wildman–Crippen LogP) is 3.32. The fourth-order valence-electron chi connectivity index (χ4n) is 3.31. The minimum absolute atomic E-state index is 0.310. The number of carbonyl (C=O) groups excluding carboxylic acids is 1. The van der Waals surface area contributed by atoms with Gasteiger partial charge in [-0.3, -0.25) is 9.10 Å². The Hall–Kier alpha value is -3.06. The van der Waals surface area contributed by atoms with Crippen molar-refractivity contribution in [3.8, 4) is 5.75 Å². The highest BCUT2D eigenvalue weighted by molar-refractivity contribution is 7.92. The van der Waals surface area contributed by atoms with E-state index in [2.05, 4.69) is 5.32 Å². The Morgan fingerprint density at radius 2 is 1.69 bits per heavy atom. The number of carbonyl (C=O) groups is 1. The first-order valence-electron chi connectivity index (χ1n) is 9.19. The number of anilines is 1. The van der Waals surface area contributed by atoms with Crippen LogP contribution in [-0.4, -0.2) is 33.7 Å². The van der Waals surface area contributed by atoms with Gasteiger partial charge in [0, 0.05) is 6.54 Å². The second-order valence-corrected chi connectivity index (χ2v) is 8.65. The van der Waals surface area contributed by atoms with Crippen molar-refractivity contribution in [3.05, 3.63) is 72.3 Å². The van der Waals surface area contributed by atoms with E-state index >= 15 is 0 Å². The summed E-state index contributed by atoms with van der Waals surface area (Å²) in [5.41, 5.74) is 1.38. The Bertz CT molecular complexity index is 1110. The number of hydrogen-bond donors (Lipinski definition) is 1. The summed E-state index contributed by atoms with van der Waals surface area (Å²) < 4.78 is 31.0. The van der Waals surface area contributed by atoms with Gasteiger partial charge < -0.3 is 10.1 Å². The molecule has 29 heavy (non-hydrogen) atoms. The van der Waals surface area contributed by atoms with E-state index in [4.69, 9.17) is 4.74 Å². The van der Waals surface area contributed by atoms with E-state index < -0.39 is 16.1 Å². The number of nitrogens with zero attached hydrogens (tertiary/aromatic N) is 1. The van der Waals surface area contributed by atoms with Crippen LogP contribution >= 0.6 is 0 Å². The molecule has 1 N–H and O–H groups in total. The number of hydrogen-bond acceptors (Lipinski definition) is 4. The molecular formula is C22H24N2O4S. The van der Waals surface area contributed by atoms with Crippen LogP contribution in [0.25, 0.3) is 10.8 Å². The highest BCUT2D eigenvalue weighted by Gasteiger charge is 2.29. The zero-order chi connectivity index (χ0) is 21.0. The molecule has 0 saturated carbocycles. The Balaban J connectivity index is 1.80. The third-order valence-electron chi connectivity index (χ3n) is 4.75. The second-order valence-electron chi connectivity index (χ2n) is 6.79. The van der Waals surface area contributed by atoms with Gasteiger partial charge >= 0.3 is 0 Å². The van der Waals surface area contributed by atoms with Crippen LogP contribution in [0.5, 0.6) is 5.75 Å². The predicted molar refractivity (Wildman–Crippen MR) is 116 cm³/mol. The normalized spacial score (nSPS) is 12.4. The largest absolute Gasteiger partial charge is 0.497 e. The van der Waals surface area contributed by atoms with Gasteiger partial charge in [0.15, 0.2) is 0 Å². The summed E-state index contributed by atoms with van der Waals surface area (Å²) >= 11 is 0. The molecule has 3 rings (SSSR count). The molecule has 0 aliphatic rings. The van der Waals surface area contributed by atoms with E-state index in [1.165, 1.54) is 7.11 Å². The third-order valence-corrected chi connectivity index (χ3v) is 5.99. The average Bonchev–Trinajstić information content (AvgIpc) is 2.71. The van der Waals surface area contributed by atoms with Gasteiger partial charge in [-0.2, -0.15) is 0 Å². The van der Waals surface area contributed by atoms with E-state index in [0.717, 1.165) is 26.9 Å². The molecule has 3 aromatic rings. The molecule has 0 heterocycles. The van der Waals surface area contributed by atoms with Gasteiger partial charge in [-0.05, 0) is 47.5 Å². The fraction of sp³-hybridized carbons (Fsp3) is 0.227. The molecule has 0 spiro atoms. The molecule has 0 aromatic heterocycles. The molecule has 1 amide bonds. The van der Waals surface area contributed by atoms with Crippen LogP contribution in [0.4, 0.5) is 5.69 Å². The van der Waals surface area contributed by atoms with Crippen LogP contribution < -0.4 is 14.4 Å². The zero-order valence-corrected chi connectivity index (χ0v) is 17.4. The zero-order valence-electron chi connectivity index (χ0n) is 16.6. The van der Waals surface area contributed by atoms with Crippen molar-refractivity contribution in [2.45, 2.75) is 19.5 Å². The Kier molecular flexibility index (Phi) is 6.08. The van der Waals surface area contributed by atoms with Gasteiger partial charge in [0.05, 0.1) is 19.1 Å². The summed E-state index contributed by atoms with van der Waals surface area (Å²) in [5.74, 6) is 0.231. The lowest BCUT2D eigenvalue weighted by Gasteiger charge is -2.28. The monoisotopic (exact) mass is 412 g/mol. The summed E-state index contributed by atoms with van der Waals surface area (Å²) in [6, 6.07) is 19.5. The molecule has 0 aliphatic heterocycles. The number of ether oxygens (including phenoxy) is 1. The van der Waals surface area contributed by atoms with Gasteiger partial charge in [-0.1, -0.05) is 42.5 Å². The maximum atomic E-state index is 12.8. The first kappa shape index (κ1) is 20.7. The van der Waals surface area contributed by atoms with Crippen LogP contribution in [0.2, 0.25) is 0 Å². The van der Waals surface area contributed by atoms with Crippen LogP contribution in [0.3, 0.4) is 0 Å². The van der Waals surface area contributed by atoms with Crippen LogP contribution in [0.1, 0.15) is 12.5 Å². The van der Waals surface area contributed by atoms with Crippen LogP contribution in [-0.2, 0) is 21.4 Å². The molecule has 6 nitrogen and oxygen atoms in total. The standard InChI is InChI=1S/C22H24N2O4S/c1-16(24(29(3,26)27)19-11-13-20(28-2)14-12-19)22(25)23-15-18-9-6-8-17-7-4-5-10-21(17)18/h4-14,16H,15H2,1-3H3,(H,23,25)/t16-/m0/s1. The van der Waals surface area contributed by atoms with Gasteiger partial charge in [0.1, 0.15) is 11.8 Å². The van der Waals surface area contributed by atoms with E-state index in [-0.39, 0.29) is 5.91 Å². The summed E-state index contributed by atoms with van der Waals surface area (Å²) in [6.45, 7) is 1.88. The summed E-state index contributed by atoms with van der Waals surface area (Å²) in [4.78, 5) is 12.8. The maximum absolute atomic E-state index is 12.8. The van der Waals surface area contributed by atoms with E-state index in [0.29, 0.717) is 18.0 Å². The molecule has 0 saturated heterocycles. The quantitative estimate of drug-likeness (QED) is 0.646. The minimum atomic E-state index is -3.67. The number of rotatable bonds is 7. The summed E-state index contributed by atoms with van der Waals surface area (Å²) in [6.07, 6.45) is 1.09. The van der Waals surface area contributed by atoms with Gasteiger partial charge in [0.2, 0.25) is 15.9 Å². The second kappa shape index (κ2) is 8.53. The third kappa shape index (κ3) is 4.68. The van der Waals surface area contributed by atoms with Crippen molar-refractivity contribution in [3.63, 3.8) is 0 Å². The van der Waals surface area contributed by atoms with E-state index in [1.807, 2.05) is 42.5 Å². The number of sulfonamides is 1. The summed E-state index contributed by atoms with van der Waals surface area (Å²) in [5, 5.41) is 5.01. The molecule has 0 unspecified atom stereocenters. The SMILES string of the molecule is COc1ccc(N([C@@H](C)C(=O)NCc2cccc3ccccc23)S(C)(=O)=O)cc1. The Morgan fingerprint density at radius 3 is 2.34 bits per heavy atom. The van der Waals surface area contributed by atoms with Crippen LogP contribution in [0.15, 0.2) is 66.7 Å². The van der Waals surface area contributed by atoms with Crippen molar-refractivity contribution >= 4 is 32.4 Å². The Labute approximate surface area is 171 Å². The molecule has 0 aliphatic carbocycles. The lowest BCUT2D eigenvalue weighted by Crippen LogP contribution is -2.47. The molecule has 3 aromatic carbocycles. The van der Waals surface area contributed by atoms with Crippen molar-refractivity contribution in [2.24, 2.45) is 0 Å². The van der Waals surface area contributed by atoms with E-state index in [1.54, 1.807) is 31.2 Å². The molecule has 0 radical (unpaired) electrons. The van der Waals surface area contributed by atoms with Crippen molar-refractivity contribution in [1.82, 2.24) is 5.32 Å². The first-order chi connectivity index (χ1) is 13.8. The number of nitrogens with one attached hydrogen (secondary N) is 1. The highest BCUT2D eigenvalue weighted by Crippen LogP contribution is 2.24. The topological polar surface area (TPSA) is 75.7 Å². The van der Waals surface area contributed by atoms with Crippen molar-refractivity contribution in [2.75, 3.05) is 17.7 Å². The molecule has 1 atom stereocenters. The molecule has 7 heteroatoms. The van der Waals surface area contributed by atoms with Crippen molar-refractivity contribution < 1.29 is 17.9 Å². The smallest absolute Gasteiger partial charge is 0.243 e. The number of benzene rings is 3. The first-order valence-corrected chi connectivity index (χ1v) is 11.0. The lowest BCUT2D eigenvalue weighted by molar-refractivity contribution is -0.122. The number of methoxy groups -OCH3 is 1. The molecular weight excluding hydrogens is 388 g/mol. The molecule has 0 fully saturated rings. The Morgan fingerprint density at radius 1 is 1.03 bits per heavy atom. The maximum Gasteiger partial charge on any atom is 0.243 e. The highest BCUT2D eigenvalue weighted by atomic mass is 32.2.